The molecule has 106 valence electrons. The number of thiocarbonyl (C=S) groups is 1. The fourth-order valence-corrected chi connectivity index (χ4v) is 1.44. The first kappa shape index (κ1) is 15.7. The van der Waals surface area contributed by atoms with Crippen LogP contribution < -0.4 is 10.5 Å². The second kappa shape index (κ2) is 6.21. The minimum Gasteiger partial charge on any atom is -0.493 e. The first-order chi connectivity index (χ1) is 8.75. The third kappa shape index (κ3) is 4.36. The highest BCUT2D eigenvalue weighted by Gasteiger charge is 2.35. The molecule has 0 aliphatic rings. The largest absolute Gasteiger partial charge is 0.493 e. The summed E-state index contributed by atoms with van der Waals surface area (Å²) in [6.45, 7) is 1.49. The molecule has 0 saturated heterocycles. The molecule has 0 amide bonds. The van der Waals surface area contributed by atoms with Gasteiger partial charge in [-0.05, 0) is 18.2 Å². The molecule has 1 atom stereocenters. The molecule has 0 aliphatic carbocycles. The molecule has 7 heteroatoms. The van der Waals surface area contributed by atoms with Gasteiger partial charge < -0.3 is 15.6 Å². The van der Waals surface area contributed by atoms with E-state index in [1.54, 1.807) is 6.92 Å². The Morgan fingerprint density at radius 3 is 2.58 bits per heavy atom. The standard InChI is InChI=1S/C12H14F3NO2S/c1-7(5-17)6-18-10-3-2-8(11(16)19)4-9(10)12(13,14)15/h2-4,7,17H,5-6H2,1H3,(H2,16,19). The number of rotatable bonds is 5. The average Bonchev–Trinajstić information content (AvgIpc) is 2.34. The van der Waals surface area contributed by atoms with Gasteiger partial charge in [-0.1, -0.05) is 19.1 Å². The highest BCUT2D eigenvalue weighted by atomic mass is 32.1. The number of hydrogen-bond donors (Lipinski definition) is 2. The van der Waals surface area contributed by atoms with Gasteiger partial charge >= 0.3 is 6.18 Å². The highest BCUT2D eigenvalue weighted by molar-refractivity contribution is 7.80. The first-order valence-corrected chi connectivity index (χ1v) is 5.91. The van der Waals surface area contributed by atoms with Gasteiger partial charge in [0.05, 0.1) is 12.2 Å². The van der Waals surface area contributed by atoms with Crippen molar-refractivity contribution in [3.8, 4) is 5.75 Å². The molecule has 1 aromatic carbocycles. The van der Waals surface area contributed by atoms with Crippen molar-refractivity contribution in [2.75, 3.05) is 13.2 Å². The van der Waals surface area contributed by atoms with Gasteiger partial charge in [0.15, 0.2) is 0 Å². The normalized spacial score (nSPS) is 13.1. The zero-order chi connectivity index (χ0) is 14.6. The van der Waals surface area contributed by atoms with E-state index in [1.165, 1.54) is 12.1 Å². The Kier molecular flexibility index (Phi) is 5.13. The number of nitrogens with two attached hydrogens (primary N) is 1. The van der Waals surface area contributed by atoms with Crippen molar-refractivity contribution in [2.24, 2.45) is 11.7 Å². The molecule has 0 radical (unpaired) electrons. The summed E-state index contributed by atoms with van der Waals surface area (Å²) in [5.74, 6) is -0.552. The third-order valence-corrected chi connectivity index (χ3v) is 2.64. The fraction of sp³-hybridized carbons (Fsp3) is 0.417. The minimum absolute atomic E-state index is 0.00794. The molecule has 1 rings (SSSR count). The molecule has 3 nitrogen and oxygen atoms in total. The lowest BCUT2D eigenvalue weighted by atomic mass is 10.1. The lowest BCUT2D eigenvalue weighted by Gasteiger charge is -2.16. The van der Waals surface area contributed by atoms with Crippen LogP contribution in [0, 0.1) is 5.92 Å². The summed E-state index contributed by atoms with van der Waals surface area (Å²) in [5.41, 5.74) is 4.51. The molecule has 1 aromatic rings. The lowest BCUT2D eigenvalue weighted by molar-refractivity contribution is -0.139. The van der Waals surface area contributed by atoms with Gasteiger partial charge in [-0.15, -0.1) is 0 Å². The van der Waals surface area contributed by atoms with Gasteiger partial charge in [0, 0.05) is 18.1 Å². The Morgan fingerprint density at radius 2 is 2.11 bits per heavy atom. The van der Waals surface area contributed by atoms with Crippen LogP contribution in [0.3, 0.4) is 0 Å². The number of ether oxygens (including phenoxy) is 1. The second-order valence-corrected chi connectivity index (χ2v) is 4.61. The molecule has 0 aromatic heterocycles. The van der Waals surface area contributed by atoms with E-state index >= 15 is 0 Å². The maximum absolute atomic E-state index is 12.9. The second-order valence-electron chi connectivity index (χ2n) is 4.17. The van der Waals surface area contributed by atoms with E-state index in [0.29, 0.717) is 0 Å². The summed E-state index contributed by atoms with van der Waals surface area (Å²) in [6, 6.07) is 3.42. The van der Waals surface area contributed by atoms with Gasteiger partial charge in [0.2, 0.25) is 0 Å². The van der Waals surface area contributed by atoms with Crippen LogP contribution in [0.25, 0.3) is 0 Å². The van der Waals surface area contributed by atoms with Crippen molar-refractivity contribution in [1.82, 2.24) is 0 Å². The van der Waals surface area contributed by atoms with Crippen molar-refractivity contribution in [1.29, 1.82) is 0 Å². The molecule has 0 fully saturated rings. The number of aliphatic hydroxyl groups is 1. The van der Waals surface area contributed by atoms with Crippen molar-refractivity contribution in [3.05, 3.63) is 29.3 Å². The molecular weight excluding hydrogens is 279 g/mol. The number of aliphatic hydroxyl groups excluding tert-OH is 1. The van der Waals surface area contributed by atoms with Crippen LogP contribution in [-0.4, -0.2) is 23.3 Å². The molecular formula is C12H14F3NO2S. The maximum atomic E-state index is 12.9. The zero-order valence-electron chi connectivity index (χ0n) is 10.2. The van der Waals surface area contributed by atoms with Gasteiger partial charge in [0.1, 0.15) is 10.7 Å². The summed E-state index contributed by atoms with van der Waals surface area (Å²) in [7, 11) is 0. The van der Waals surface area contributed by atoms with Crippen LogP contribution in [0.2, 0.25) is 0 Å². The Hall–Kier alpha value is -1.34. The highest BCUT2D eigenvalue weighted by Crippen LogP contribution is 2.37. The number of alkyl halides is 3. The van der Waals surface area contributed by atoms with E-state index < -0.39 is 11.7 Å². The van der Waals surface area contributed by atoms with Crippen LogP contribution in [0.1, 0.15) is 18.1 Å². The van der Waals surface area contributed by atoms with Crippen LogP contribution in [0.5, 0.6) is 5.75 Å². The number of hydrogen-bond acceptors (Lipinski definition) is 3. The van der Waals surface area contributed by atoms with Gasteiger partial charge in [-0.2, -0.15) is 13.2 Å². The third-order valence-electron chi connectivity index (χ3n) is 2.40. The van der Waals surface area contributed by atoms with Gasteiger partial charge in [-0.25, -0.2) is 0 Å². The summed E-state index contributed by atoms with van der Waals surface area (Å²) in [4.78, 5) is -0.110. The van der Waals surface area contributed by atoms with E-state index in [9.17, 15) is 13.2 Å². The Morgan fingerprint density at radius 1 is 1.47 bits per heavy atom. The molecule has 0 heterocycles. The van der Waals surface area contributed by atoms with Gasteiger partial charge in [-0.3, -0.25) is 0 Å². The number of benzene rings is 1. The van der Waals surface area contributed by atoms with Crippen molar-refractivity contribution in [3.63, 3.8) is 0 Å². The van der Waals surface area contributed by atoms with E-state index in [2.05, 4.69) is 12.2 Å². The summed E-state index contributed by atoms with van der Waals surface area (Å²) >= 11 is 4.65. The monoisotopic (exact) mass is 293 g/mol. The average molecular weight is 293 g/mol. The predicted octanol–water partition coefficient (Wildman–Crippen LogP) is 2.35. The smallest absolute Gasteiger partial charge is 0.419 e. The molecule has 3 N–H and O–H groups in total. The van der Waals surface area contributed by atoms with Crippen LogP contribution in [-0.2, 0) is 6.18 Å². The predicted molar refractivity (Wildman–Crippen MR) is 69.1 cm³/mol. The Bertz CT molecular complexity index is 463. The first-order valence-electron chi connectivity index (χ1n) is 5.50. The molecule has 0 bridgehead atoms. The van der Waals surface area contributed by atoms with E-state index in [4.69, 9.17) is 15.6 Å². The number of halogens is 3. The summed E-state index contributed by atoms with van der Waals surface area (Å²) in [5, 5.41) is 8.82. The Labute approximate surface area is 114 Å². The van der Waals surface area contributed by atoms with E-state index in [0.717, 1.165) is 6.07 Å². The molecule has 19 heavy (non-hydrogen) atoms. The fourth-order valence-electron chi connectivity index (χ4n) is 1.32. The van der Waals surface area contributed by atoms with E-state index in [-0.39, 0.29) is 35.4 Å². The molecule has 1 unspecified atom stereocenters. The maximum Gasteiger partial charge on any atom is 0.419 e. The van der Waals surface area contributed by atoms with Crippen molar-refractivity contribution in [2.45, 2.75) is 13.1 Å². The van der Waals surface area contributed by atoms with Crippen molar-refractivity contribution < 1.29 is 23.0 Å². The van der Waals surface area contributed by atoms with Crippen LogP contribution in [0.4, 0.5) is 13.2 Å². The summed E-state index contributed by atoms with van der Waals surface area (Å²) < 4.78 is 43.7. The Balaban J connectivity index is 3.06. The lowest BCUT2D eigenvalue weighted by Crippen LogP contribution is -2.17. The van der Waals surface area contributed by atoms with Crippen LogP contribution >= 0.6 is 12.2 Å². The molecule has 0 aliphatic heterocycles. The van der Waals surface area contributed by atoms with E-state index in [1.807, 2.05) is 0 Å². The molecule has 0 saturated carbocycles. The molecule has 0 spiro atoms. The zero-order valence-corrected chi connectivity index (χ0v) is 11.0. The quantitative estimate of drug-likeness (QED) is 0.818. The SMILES string of the molecule is CC(CO)COc1ccc(C(N)=S)cc1C(F)(F)F. The van der Waals surface area contributed by atoms with Gasteiger partial charge in [0.25, 0.3) is 0 Å². The van der Waals surface area contributed by atoms with Crippen molar-refractivity contribution >= 4 is 17.2 Å². The van der Waals surface area contributed by atoms with Crippen LogP contribution in [0.15, 0.2) is 18.2 Å². The summed E-state index contributed by atoms with van der Waals surface area (Å²) in [6.07, 6.45) is -4.56. The topological polar surface area (TPSA) is 55.5 Å². The minimum atomic E-state index is -4.56.